The van der Waals surface area contributed by atoms with Crippen molar-refractivity contribution in [3.63, 3.8) is 0 Å². The van der Waals surface area contributed by atoms with Gasteiger partial charge in [-0.3, -0.25) is 4.79 Å². The molecular weight excluding hydrogens is 401 g/mol. The molecule has 3 aromatic carbocycles. The summed E-state index contributed by atoms with van der Waals surface area (Å²) in [7, 11) is 0. The van der Waals surface area contributed by atoms with Gasteiger partial charge in [0, 0.05) is 33.9 Å². The van der Waals surface area contributed by atoms with Crippen LogP contribution in [0.5, 0.6) is 0 Å². The van der Waals surface area contributed by atoms with E-state index in [2.05, 4.69) is 12.2 Å². The van der Waals surface area contributed by atoms with Crippen molar-refractivity contribution in [3.8, 4) is 6.07 Å². The van der Waals surface area contributed by atoms with Crippen molar-refractivity contribution in [1.29, 1.82) is 5.26 Å². The maximum atomic E-state index is 14.2. The van der Waals surface area contributed by atoms with Gasteiger partial charge in [-0.15, -0.1) is 0 Å². The molecule has 1 heterocycles. The van der Waals surface area contributed by atoms with Crippen molar-refractivity contribution in [2.75, 3.05) is 5.32 Å². The Kier molecular flexibility index (Phi) is 6.14. The van der Waals surface area contributed by atoms with Gasteiger partial charge < -0.3 is 9.88 Å². The van der Waals surface area contributed by atoms with Crippen LogP contribution in [0.25, 0.3) is 17.0 Å². The van der Waals surface area contributed by atoms with E-state index in [4.69, 9.17) is 0 Å². The number of rotatable bonds is 6. The minimum atomic E-state index is -0.470. The number of amides is 1. The summed E-state index contributed by atoms with van der Waals surface area (Å²) in [4.78, 5) is 12.7. The van der Waals surface area contributed by atoms with Crippen molar-refractivity contribution in [2.45, 2.75) is 19.9 Å². The summed E-state index contributed by atoms with van der Waals surface area (Å²) in [5, 5.41) is 13.3. The number of hydrogen-bond donors (Lipinski definition) is 1. The molecule has 1 N–H and O–H groups in total. The molecule has 4 rings (SSSR count). The number of aromatic nitrogens is 1. The van der Waals surface area contributed by atoms with Crippen LogP contribution >= 0.6 is 0 Å². The zero-order chi connectivity index (χ0) is 22.5. The van der Waals surface area contributed by atoms with Gasteiger partial charge in [0.2, 0.25) is 0 Å². The molecule has 0 aliphatic rings. The van der Waals surface area contributed by atoms with E-state index in [-0.39, 0.29) is 11.4 Å². The average Bonchev–Trinajstić information content (AvgIpc) is 3.16. The number of nitrogens with one attached hydrogen (secondary N) is 1. The van der Waals surface area contributed by atoms with Crippen molar-refractivity contribution in [3.05, 3.63) is 107 Å². The number of carbonyl (C=O) groups is 1. The van der Waals surface area contributed by atoms with E-state index >= 15 is 0 Å². The van der Waals surface area contributed by atoms with Crippen LogP contribution in [0.15, 0.2) is 84.6 Å². The van der Waals surface area contributed by atoms with Crippen molar-refractivity contribution in [2.24, 2.45) is 0 Å². The highest BCUT2D eigenvalue weighted by Gasteiger charge is 2.14. The van der Waals surface area contributed by atoms with E-state index in [0.717, 1.165) is 22.9 Å². The molecular formula is C27H22FN3O. The Balaban J connectivity index is 1.66. The predicted molar refractivity (Wildman–Crippen MR) is 125 cm³/mol. The van der Waals surface area contributed by atoms with Gasteiger partial charge in [-0.2, -0.15) is 5.26 Å². The van der Waals surface area contributed by atoms with Crippen molar-refractivity contribution < 1.29 is 9.18 Å². The lowest BCUT2D eigenvalue weighted by molar-refractivity contribution is -0.112. The van der Waals surface area contributed by atoms with Gasteiger partial charge in [-0.25, -0.2) is 4.39 Å². The molecule has 32 heavy (non-hydrogen) atoms. The minimum absolute atomic E-state index is 0.00152. The summed E-state index contributed by atoms with van der Waals surface area (Å²) in [5.74, 6) is -0.740. The van der Waals surface area contributed by atoms with E-state index in [0.29, 0.717) is 17.8 Å². The first kappa shape index (κ1) is 21.1. The summed E-state index contributed by atoms with van der Waals surface area (Å²) in [6.07, 6.45) is 4.34. The van der Waals surface area contributed by atoms with Crippen molar-refractivity contribution in [1.82, 2.24) is 4.57 Å². The maximum Gasteiger partial charge on any atom is 0.266 e. The van der Waals surface area contributed by atoms with Gasteiger partial charge in [0.1, 0.15) is 17.5 Å². The topological polar surface area (TPSA) is 57.8 Å². The van der Waals surface area contributed by atoms with Gasteiger partial charge in [0.15, 0.2) is 0 Å². The zero-order valence-corrected chi connectivity index (χ0v) is 17.7. The average molecular weight is 423 g/mol. The fourth-order valence-electron chi connectivity index (χ4n) is 3.66. The van der Waals surface area contributed by atoms with Gasteiger partial charge in [-0.05, 0) is 42.3 Å². The quantitative estimate of drug-likeness (QED) is 0.308. The summed E-state index contributed by atoms with van der Waals surface area (Å²) < 4.78 is 16.1. The number of fused-ring (bicyclic) bond motifs is 1. The van der Waals surface area contributed by atoms with Crippen LogP contribution in [0.4, 0.5) is 10.1 Å². The monoisotopic (exact) mass is 423 g/mol. The lowest BCUT2D eigenvalue weighted by Crippen LogP contribution is -2.13. The second-order valence-corrected chi connectivity index (χ2v) is 7.50. The molecule has 158 valence electrons. The van der Waals surface area contributed by atoms with Crippen LogP contribution in [0.3, 0.4) is 0 Å². The SMILES string of the molecule is CCc1ccc(NC(=O)/C(C#N)=C/c2cn(Cc3ccccc3F)c3ccccc23)cc1. The largest absolute Gasteiger partial charge is 0.342 e. The van der Waals surface area contributed by atoms with Crippen LogP contribution in [-0.4, -0.2) is 10.5 Å². The number of carbonyl (C=O) groups excluding carboxylic acids is 1. The molecule has 5 heteroatoms. The highest BCUT2D eigenvalue weighted by Crippen LogP contribution is 2.25. The first-order valence-corrected chi connectivity index (χ1v) is 10.4. The first-order chi connectivity index (χ1) is 15.6. The second-order valence-electron chi connectivity index (χ2n) is 7.50. The van der Waals surface area contributed by atoms with E-state index in [9.17, 15) is 14.4 Å². The molecule has 0 bridgehead atoms. The molecule has 4 aromatic rings. The fraction of sp³-hybridized carbons (Fsp3) is 0.111. The number of para-hydroxylation sites is 1. The third kappa shape index (κ3) is 4.45. The van der Waals surface area contributed by atoms with Crippen LogP contribution in [0.1, 0.15) is 23.6 Å². The smallest absolute Gasteiger partial charge is 0.266 e. The lowest BCUT2D eigenvalue weighted by atomic mass is 10.1. The Labute approximate surface area is 186 Å². The molecule has 0 saturated carbocycles. The predicted octanol–water partition coefficient (Wildman–Crippen LogP) is 5.94. The summed E-state index contributed by atoms with van der Waals surface area (Å²) >= 11 is 0. The number of nitrogens with zero attached hydrogens (tertiary/aromatic N) is 2. The van der Waals surface area contributed by atoms with E-state index in [1.54, 1.807) is 24.3 Å². The zero-order valence-electron chi connectivity index (χ0n) is 17.7. The maximum absolute atomic E-state index is 14.2. The van der Waals surface area contributed by atoms with Crippen LogP contribution in [0, 0.1) is 17.1 Å². The molecule has 0 fully saturated rings. The van der Waals surface area contributed by atoms with E-state index in [1.165, 1.54) is 11.6 Å². The molecule has 0 radical (unpaired) electrons. The van der Waals surface area contributed by atoms with Crippen LogP contribution in [0.2, 0.25) is 0 Å². The number of hydrogen-bond acceptors (Lipinski definition) is 2. The molecule has 0 atom stereocenters. The number of halogens is 1. The standard InChI is InChI=1S/C27H22FN3O/c1-2-19-11-13-23(14-12-19)30-27(32)21(16-29)15-22-18-31(26-10-6-4-8-24(22)26)17-20-7-3-5-9-25(20)28/h3-15,18H,2,17H2,1H3,(H,30,32)/b21-15+. The van der Waals surface area contributed by atoms with Gasteiger partial charge in [0.25, 0.3) is 5.91 Å². The van der Waals surface area contributed by atoms with Gasteiger partial charge in [0.05, 0.1) is 6.54 Å². The summed E-state index contributed by atoms with van der Waals surface area (Å²) in [6.45, 7) is 2.41. The Morgan fingerprint density at radius 2 is 1.78 bits per heavy atom. The Morgan fingerprint density at radius 1 is 1.06 bits per heavy atom. The summed E-state index contributed by atoms with van der Waals surface area (Å²) in [6, 6.07) is 23.9. The lowest BCUT2D eigenvalue weighted by Gasteiger charge is -2.06. The Bertz CT molecular complexity index is 1340. The van der Waals surface area contributed by atoms with Gasteiger partial charge in [-0.1, -0.05) is 55.5 Å². The molecule has 0 aliphatic heterocycles. The minimum Gasteiger partial charge on any atom is -0.342 e. The Morgan fingerprint density at radius 3 is 2.50 bits per heavy atom. The van der Waals surface area contributed by atoms with Gasteiger partial charge >= 0.3 is 0 Å². The summed E-state index contributed by atoms with van der Waals surface area (Å²) in [5.41, 5.74) is 3.99. The van der Waals surface area contributed by atoms with Crippen LogP contribution < -0.4 is 5.32 Å². The normalized spacial score (nSPS) is 11.3. The van der Waals surface area contributed by atoms with E-state index < -0.39 is 5.91 Å². The molecule has 0 saturated heterocycles. The molecule has 1 aromatic heterocycles. The molecule has 0 aliphatic carbocycles. The van der Waals surface area contributed by atoms with E-state index in [1.807, 2.05) is 65.4 Å². The molecule has 0 spiro atoms. The van der Waals surface area contributed by atoms with Crippen LogP contribution in [-0.2, 0) is 17.8 Å². The highest BCUT2D eigenvalue weighted by atomic mass is 19.1. The number of anilines is 1. The third-order valence-electron chi connectivity index (χ3n) is 5.40. The second kappa shape index (κ2) is 9.32. The highest BCUT2D eigenvalue weighted by molar-refractivity contribution is 6.10. The number of aryl methyl sites for hydroxylation is 1. The number of nitriles is 1. The molecule has 4 nitrogen and oxygen atoms in total. The first-order valence-electron chi connectivity index (χ1n) is 10.4. The number of benzene rings is 3. The third-order valence-corrected chi connectivity index (χ3v) is 5.40. The fourth-order valence-corrected chi connectivity index (χ4v) is 3.66. The van der Waals surface area contributed by atoms with Crippen molar-refractivity contribution >= 4 is 28.6 Å². The molecule has 0 unspecified atom stereocenters. The molecule has 1 amide bonds. The Hall–Kier alpha value is -4.17.